The summed E-state index contributed by atoms with van der Waals surface area (Å²) in [7, 11) is 0. The first-order chi connectivity index (χ1) is 16.1. The third-order valence-electron chi connectivity index (χ3n) is 5.71. The number of nitrogens with one attached hydrogen (secondary N) is 1. The van der Waals surface area contributed by atoms with E-state index in [1.165, 1.54) is 5.56 Å². The van der Waals surface area contributed by atoms with E-state index in [4.69, 9.17) is 5.21 Å². The Morgan fingerprint density at radius 1 is 0.879 bits per heavy atom. The monoisotopic (exact) mass is 445 g/mol. The van der Waals surface area contributed by atoms with Crippen LogP contribution in [0.1, 0.15) is 21.5 Å². The van der Waals surface area contributed by atoms with Crippen LogP contribution in [-0.4, -0.2) is 58.1 Å². The maximum absolute atomic E-state index is 13.5. The molecule has 1 aliphatic rings. The van der Waals surface area contributed by atoms with Gasteiger partial charge in [0.25, 0.3) is 5.91 Å². The molecule has 8 nitrogen and oxygen atoms in total. The van der Waals surface area contributed by atoms with Gasteiger partial charge in [0.1, 0.15) is 5.82 Å². The maximum Gasteiger partial charge on any atom is 0.326 e. The second-order valence-corrected chi connectivity index (χ2v) is 7.94. The molecule has 0 spiro atoms. The Labute approximate surface area is 193 Å². The molecule has 1 aliphatic heterocycles. The summed E-state index contributed by atoms with van der Waals surface area (Å²) in [5.74, 6) is -0.000949. The number of aromatic nitrogens is 1. The molecule has 2 heterocycles. The second-order valence-electron chi connectivity index (χ2n) is 7.94. The Balaban J connectivity index is 1.44. The summed E-state index contributed by atoms with van der Waals surface area (Å²) in [6.07, 6.45) is 1.67. The number of hydrogen-bond donors (Lipinski definition) is 2. The molecule has 2 aromatic carbocycles. The van der Waals surface area contributed by atoms with Crippen LogP contribution in [0.5, 0.6) is 0 Å². The third-order valence-corrected chi connectivity index (χ3v) is 5.71. The number of nitrogens with zero attached hydrogens (tertiary/aromatic N) is 4. The van der Waals surface area contributed by atoms with Crippen molar-refractivity contribution in [2.24, 2.45) is 0 Å². The number of hydrogen-bond acceptors (Lipinski definition) is 5. The van der Waals surface area contributed by atoms with Crippen molar-refractivity contribution in [1.82, 2.24) is 20.3 Å². The van der Waals surface area contributed by atoms with Crippen molar-refractivity contribution in [3.63, 3.8) is 0 Å². The van der Waals surface area contributed by atoms with Gasteiger partial charge in [0.2, 0.25) is 0 Å². The summed E-state index contributed by atoms with van der Waals surface area (Å²) < 4.78 is 0. The van der Waals surface area contributed by atoms with Crippen LogP contribution in [0.25, 0.3) is 0 Å². The molecule has 4 rings (SSSR count). The summed E-state index contributed by atoms with van der Waals surface area (Å²) in [5, 5.41) is 8.80. The van der Waals surface area contributed by atoms with Crippen LogP contribution < -0.4 is 10.4 Å². The number of rotatable bonds is 6. The van der Waals surface area contributed by atoms with E-state index in [9.17, 15) is 9.59 Å². The van der Waals surface area contributed by atoms with Crippen molar-refractivity contribution in [2.75, 3.05) is 31.1 Å². The van der Waals surface area contributed by atoms with E-state index >= 15 is 0 Å². The summed E-state index contributed by atoms with van der Waals surface area (Å²) in [6, 6.07) is 22.5. The smallest absolute Gasteiger partial charge is 0.322 e. The molecule has 0 unspecified atom stereocenters. The average Bonchev–Trinajstić information content (AvgIpc) is 2.88. The zero-order valence-corrected chi connectivity index (χ0v) is 18.3. The lowest BCUT2D eigenvalue weighted by molar-refractivity contribution is 0.0706. The SMILES string of the molecule is O=C(NO)c1ccc(CN(C(=O)N2CCN(Cc3ccccc3)CC2)c2ccccn2)cc1. The molecule has 8 heteroatoms. The van der Waals surface area contributed by atoms with Gasteiger partial charge in [0.15, 0.2) is 0 Å². The molecule has 2 N–H and O–H groups in total. The van der Waals surface area contributed by atoms with Gasteiger partial charge in [-0.15, -0.1) is 0 Å². The van der Waals surface area contributed by atoms with E-state index in [2.05, 4.69) is 22.0 Å². The van der Waals surface area contributed by atoms with Crippen LogP contribution in [0, 0.1) is 0 Å². The van der Waals surface area contributed by atoms with Crippen molar-refractivity contribution >= 4 is 17.8 Å². The molecule has 0 radical (unpaired) electrons. The van der Waals surface area contributed by atoms with Gasteiger partial charge in [0, 0.05) is 44.5 Å². The molecule has 1 fully saturated rings. The normalized spacial score (nSPS) is 14.0. The van der Waals surface area contributed by atoms with Crippen molar-refractivity contribution in [3.05, 3.63) is 95.7 Å². The maximum atomic E-state index is 13.5. The van der Waals surface area contributed by atoms with E-state index in [0.717, 1.165) is 25.2 Å². The molecule has 0 atom stereocenters. The van der Waals surface area contributed by atoms with Gasteiger partial charge in [0.05, 0.1) is 6.54 Å². The minimum atomic E-state index is -0.576. The van der Waals surface area contributed by atoms with Crippen molar-refractivity contribution in [2.45, 2.75) is 13.1 Å². The quantitative estimate of drug-likeness (QED) is 0.450. The number of anilines is 1. The van der Waals surface area contributed by atoms with Crippen molar-refractivity contribution < 1.29 is 14.8 Å². The van der Waals surface area contributed by atoms with Crippen LogP contribution in [-0.2, 0) is 13.1 Å². The standard InChI is InChI=1S/C25H27N5O3/c31-24(27-33)22-11-9-21(10-12-22)19-30(23-8-4-5-13-26-23)25(32)29-16-14-28(15-17-29)18-20-6-2-1-3-7-20/h1-13,33H,14-19H2,(H,27,31). The summed E-state index contributed by atoms with van der Waals surface area (Å²) in [4.78, 5) is 35.3. The minimum absolute atomic E-state index is 0.0924. The fraction of sp³-hybridized carbons (Fsp3) is 0.240. The first-order valence-corrected chi connectivity index (χ1v) is 10.9. The van der Waals surface area contributed by atoms with Gasteiger partial charge >= 0.3 is 6.03 Å². The highest BCUT2D eigenvalue weighted by molar-refractivity contribution is 5.93. The number of amides is 3. The predicted octanol–water partition coefficient (Wildman–Crippen LogP) is 3.15. The highest BCUT2D eigenvalue weighted by Crippen LogP contribution is 2.19. The van der Waals surface area contributed by atoms with Gasteiger partial charge < -0.3 is 4.90 Å². The molecule has 1 saturated heterocycles. The molecule has 1 aromatic heterocycles. The lowest BCUT2D eigenvalue weighted by Crippen LogP contribution is -2.52. The first kappa shape index (κ1) is 22.4. The van der Waals surface area contributed by atoms with Crippen LogP contribution in [0.4, 0.5) is 10.6 Å². The number of carbonyl (C=O) groups is 2. The van der Waals surface area contributed by atoms with Crippen LogP contribution in [0.2, 0.25) is 0 Å². The van der Waals surface area contributed by atoms with Gasteiger partial charge in [-0.1, -0.05) is 48.5 Å². The zero-order valence-electron chi connectivity index (χ0n) is 18.3. The Morgan fingerprint density at radius 3 is 2.21 bits per heavy atom. The van der Waals surface area contributed by atoms with Gasteiger partial charge in [-0.25, -0.2) is 15.3 Å². The lowest BCUT2D eigenvalue weighted by Gasteiger charge is -2.37. The van der Waals surface area contributed by atoms with E-state index in [1.54, 1.807) is 40.8 Å². The van der Waals surface area contributed by atoms with E-state index in [1.807, 2.05) is 41.3 Å². The summed E-state index contributed by atoms with van der Waals surface area (Å²) >= 11 is 0. The van der Waals surface area contributed by atoms with Gasteiger partial charge in [-0.3, -0.25) is 19.8 Å². The summed E-state index contributed by atoms with van der Waals surface area (Å²) in [5.41, 5.74) is 4.08. The van der Waals surface area contributed by atoms with E-state index in [-0.39, 0.29) is 6.03 Å². The number of piperazine rings is 1. The Bertz CT molecular complexity index is 1050. The summed E-state index contributed by atoms with van der Waals surface area (Å²) in [6.45, 7) is 4.10. The number of benzene rings is 2. The number of pyridine rings is 1. The van der Waals surface area contributed by atoms with E-state index in [0.29, 0.717) is 31.0 Å². The molecule has 33 heavy (non-hydrogen) atoms. The topological polar surface area (TPSA) is 89.0 Å². The van der Waals surface area contributed by atoms with E-state index < -0.39 is 5.91 Å². The molecule has 0 saturated carbocycles. The lowest BCUT2D eigenvalue weighted by atomic mass is 10.1. The average molecular weight is 446 g/mol. The van der Waals surface area contributed by atoms with Crippen LogP contribution >= 0.6 is 0 Å². The number of urea groups is 1. The highest BCUT2D eigenvalue weighted by Gasteiger charge is 2.27. The molecule has 0 aliphatic carbocycles. The third kappa shape index (κ3) is 5.74. The minimum Gasteiger partial charge on any atom is -0.322 e. The van der Waals surface area contributed by atoms with Crippen molar-refractivity contribution in [1.29, 1.82) is 0 Å². The Morgan fingerprint density at radius 2 is 1.58 bits per heavy atom. The Kier molecular flexibility index (Phi) is 7.29. The number of hydroxylamine groups is 1. The van der Waals surface area contributed by atoms with Crippen molar-refractivity contribution in [3.8, 4) is 0 Å². The van der Waals surface area contributed by atoms with Crippen LogP contribution in [0.3, 0.4) is 0 Å². The molecule has 0 bridgehead atoms. The fourth-order valence-electron chi connectivity index (χ4n) is 3.88. The molecule has 3 amide bonds. The van der Waals surface area contributed by atoms with Crippen LogP contribution in [0.15, 0.2) is 79.0 Å². The predicted molar refractivity (Wildman–Crippen MR) is 125 cm³/mol. The molecule has 3 aromatic rings. The molecular formula is C25H27N5O3. The highest BCUT2D eigenvalue weighted by atomic mass is 16.5. The largest absolute Gasteiger partial charge is 0.326 e. The second kappa shape index (κ2) is 10.7. The molecular weight excluding hydrogens is 418 g/mol. The van der Waals surface area contributed by atoms with Gasteiger partial charge in [-0.2, -0.15) is 0 Å². The fourth-order valence-corrected chi connectivity index (χ4v) is 3.88. The van der Waals surface area contributed by atoms with Gasteiger partial charge in [-0.05, 0) is 35.4 Å². The number of carbonyl (C=O) groups excluding carboxylic acids is 2. The first-order valence-electron chi connectivity index (χ1n) is 10.9. The molecule has 170 valence electrons. The zero-order chi connectivity index (χ0) is 23.0. The Hall–Kier alpha value is -3.75.